The molecule has 3 rings (SSSR count). The normalized spacial score (nSPS) is 14.3. The molecule has 0 amide bonds. The number of fused-ring (bicyclic) bond motifs is 1. The van der Waals surface area contributed by atoms with E-state index in [-0.39, 0.29) is 5.78 Å². The zero-order chi connectivity index (χ0) is 12.4. The smallest absolute Gasteiger partial charge is 0.201 e. The summed E-state index contributed by atoms with van der Waals surface area (Å²) < 4.78 is 5.29. The fourth-order valence-electron chi connectivity index (χ4n) is 2.23. The molecule has 1 aliphatic rings. The van der Waals surface area contributed by atoms with Crippen LogP contribution >= 0.6 is 0 Å². The molecule has 0 saturated heterocycles. The van der Waals surface area contributed by atoms with Gasteiger partial charge in [0.15, 0.2) is 5.76 Å². The van der Waals surface area contributed by atoms with Crippen LogP contribution in [-0.4, -0.2) is 12.4 Å². The van der Waals surface area contributed by atoms with Crippen molar-refractivity contribution in [3.8, 4) is 0 Å². The Morgan fingerprint density at radius 2 is 1.94 bits per heavy atom. The summed E-state index contributed by atoms with van der Waals surface area (Å²) in [4.78, 5) is 12.0. The molecule has 2 heteroatoms. The lowest BCUT2D eigenvalue weighted by Gasteiger charge is -2.04. The van der Waals surface area contributed by atoms with E-state index in [0.29, 0.717) is 18.8 Å². The van der Waals surface area contributed by atoms with E-state index in [1.165, 1.54) is 10.8 Å². The van der Waals surface area contributed by atoms with Gasteiger partial charge in [-0.15, -0.1) is 0 Å². The van der Waals surface area contributed by atoms with Crippen molar-refractivity contribution in [2.45, 2.75) is 12.8 Å². The van der Waals surface area contributed by atoms with Crippen LogP contribution in [0.25, 0.3) is 10.8 Å². The van der Waals surface area contributed by atoms with Gasteiger partial charge in [-0.1, -0.05) is 42.5 Å². The maximum absolute atomic E-state index is 12.0. The van der Waals surface area contributed by atoms with E-state index >= 15 is 0 Å². The summed E-state index contributed by atoms with van der Waals surface area (Å²) in [6.07, 6.45) is 3.14. The highest BCUT2D eigenvalue weighted by Gasteiger charge is 2.15. The largest absolute Gasteiger partial charge is 0.490 e. The zero-order valence-corrected chi connectivity index (χ0v) is 10.1. The van der Waals surface area contributed by atoms with Crippen LogP contribution in [0.3, 0.4) is 0 Å². The van der Waals surface area contributed by atoms with Gasteiger partial charge in [-0.05, 0) is 22.4 Å². The maximum atomic E-state index is 12.0. The van der Waals surface area contributed by atoms with Crippen LogP contribution < -0.4 is 0 Å². The number of rotatable bonds is 3. The van der Waals surface area contributed by atoms with Crippen LogP contribution in [0.2, 0.25) is 0 Å². The highest BCUT2D eigenvalue weighted by atomic mass is 16.5. The summed E-state index contributed by atoms with van der Waals surface area (Å²) >= 11 is 0. The zero-order valence-electron chi connectivity index (χ0n) is 10.1. The first-order valence-corrected chi connectivity index (χ1v) is 6.17. The second-order valence-corrected chi connectivity index (χ2v) is 4.49. The summed E-state index contributed by atoms with van der Waals surface area (Å²) in [5, 5.41) is 2.37. The monoisotopic (exact) mass is 238 g/mol. The Kier molecular flexibility index (Phi) is 2.85. The third-order valence-corrected chi connectivity index (χ3v) is 3.16. The number of carbonyl (C=O) groups excluding carboxylic acids is 1. The highest BCUT2D eigenvalue weighted by Crippen LogP contribution is 2.18. The molecule has 18 heavy (non-hydrogen) atoms. The van der Waals surface area contributed by atoms with E-state index in [4.69, 9.17) is 4.74 Å². The Morgan fingerprint density at radius 1 is 1.11 bits per heavy atom. The van der Waals surface area contributed by atoms with Gasteiger partial charge in [0.2, 0.25) is 5.78 Å². The van der Waals surface area contributed by atoms with E-state index in [9.17, 15) is 4.79 Å². The molecular weight excluding hydrogens is 224 g/mol. The minimum atomic E-state index is 0.0720. The van der Waals surface area contributed by atoms with Crippen LogP contribution in [0, 0.1) is 0 Å². The van der Waals surface area contributed by atoms with E-state index in [2.05, 4.69) is 24.3 Å². The molecular formula is C16H14O2. The summed E-state index contributed by atoms with van der Waals surface area (Å²) in [6, 6.07) is 14.3. The predicted molar refractivity (Wildman–Crippen MR) is 71.3 cm³/mol. The predicted octanol–water partition coefficient (Wildman–Crippen LogP) is 3.26. The Balaban J connectivity index is 1.84. The summed E-state index contributed by atoms with van der Waals surface area (Å²) in [6.45, 7) is 0.638. The summed E-state index contributed by atoms with van der Waals surface area (Å²) in [7, 11) is 0. The third kappa shape index (κ3) is 2.14. The number of ether oxygens (including phenoxy) is 1. The van der Waals surface area contributed by atoms with Gasteiger partial charge in [-0.25, -0.2) is 0 Å². The van der Waals surface area contributed by atoms with Crippen LogP contribution in [-0.2, 0) is 16.0 Å². The van der Waals surface area contributed by atoms with E-state index in [1.807, 2.05) is 24.3 Å². The molecule has 0 aliphatic carbocycles. The van der Waals surface area contributed by atoms with Crippen molar-refractivity contribution in [1.29, 1.82) is 0 Å². The Labute approximate surface area is 106 Å². The second kappa shape index (κ2) is 4.65. The molecule has 2 aromatic rings. The number of carbonyl (C=O) groups is 1. The van der Waals surface area contributed by atoms with Gasteiger partial charge in [0, 0.05) is 12.8 Å². The summed E-state index contributed by atoms with van der Waals surface area (Å²) in [5.74, 6) is 0.603. The van der Waals surface area contributed by atoms with Gasteiger partial charge in [-0.2, -0.15) is 0 Å². The molecule has 90 valence electrons. The number of Topliss-reactive ketones (excluding diaryl/α,β-unsaturated/α-hetero) is 1. The molecule has 1 aliphatic heterocycles. The maximum Gasteiger partial charge on any atom is 0.201 e. The number of hydrogen-bond acceptors (Lipinski definition) is 2. The average molecular weight is 238 g/mol. The van der Waals surface area contributed by atoms with Crippen molar-refractivity contribution in [2.75, 3.05) is 6.61 Å². The van der Waals surface area contributed by atoms with Crippen molar-refractivity contribution in [3.05, 3.63) is 59.9 Å². The lowest BCUT2D eigenvalue weighted by Crippen LogP contribution is -2.06. The summed E-state index contributed by atoms with van der Waals surface area (Å²) in [5.41, 5.74) is 1.04. The van der Waals surface area contributed by atoms with Gasteiger partial charge in [0.25, 0.3) is 0 Å². The minimum Gasteiger partial charge on any atom is -0.490 e. The molecule has 0 bridgehead atoms. The lowest BCUT2D eigenvalue weighted by atomic mass is 10.0. The minimum absolute atomic E-state index is 0.0720. The van der Waals surface area contributed by atoms with Crippen LogP contribution in [0.5, 0.6) is 0 Å². The quantitative estimate of drug-likeness (QED) is 0.820. The van der Waals surface area contributed by atoms with E-state index < -0.39 is 0 Å². The fourth-order valence-corrected chi connectivity index (χ4v) is 2.23. The molecule has 0 unspecified atom stereocenters. The molecule has 0 fully saturated rings. The van der Waals surface area contributed by atoms with Crippen LogP contribution in [0.4, 0.5) is 0 Å². The molecule has 0 aromatic heterocycles. The van der Waals surface area contributed by atoms with Gasteiger partial charge in [0.05, 0.1) is 6.61 Å². The van der Waals surface area contributed by atoms with E-state index in [0.717, 1.165) is 12.0 Å². The first-order chi connectivity index (χ1) is 8.83. The Morgan fingerprint density at radius 3 is 2.72 bits per heavy atom. The number of ketones is 1. The topological polar surface area (TPSA) is 26.3 Å². The molecule has 0 radical (unpaired) electrons. The van der Waals surface area contributed by atoms with Crippen molar-refractivity contribution in [1.82, 2.24) is 0 Å². The Hall–Kier alpha value is -2.09. The second-order valence-electron chi connectivity index (χ2n) is 4.49. The van der Waals surface area contributed by atoms with Crippen molar-refractivity contribution in [2.24, 2.45) is 0 Å². The van der Waals surface area contributed by atoms with Gasteiger partial charge in [0.1, 0.15) is 0 Å². The standard InChI is InChI=1S/C16H14O2/c17-15(16-6-3-9-18-16)11-12-7-8-13-4-1-2-5-14(13)10-12/h1-2,4-8,10H,3,9,11H2. The fraction of sp³-hybridized carbons (Fsp3) is 0.188. The lowest BCUT2D eigenvalue weighted by molar-refractivity contribution is -0.117. The first-order valence-electron chi connectivity index (χ1n) is 6.17. The number of benzene rings is 2. The average Bonchev–Trinajstić information content (AvgIpc) is 2.92. The first kappa shape index (κ1) is 11.0. The SMILES string of the molecule is O=C(Cc1ccc2ccccc2c1)C1=CCCO1. The molecule has 2 aromatic carbocycles. The van der Waals surface area contributed by atoms with Crippen molar-refractivity contribution in [3.63, 3.8) is 0 Å². The molecule has 0 N–H and O–H groups in total. The van der Waals surface area contributed by atoms with E-state index in [1.54, 1.807) is 0 Å². The molecule has 0 spiro atoms. The van der Waals surface area contributed by atoms with Gasteiger partial charge >= 0.3 is 0 Å². The van der Waals surface area contributed by atoms with Crippen molar-refractivity contribution >= 4 is 16.6 Å². The molecule has 0 saturated carbocycles. The molecule has 0 atom stereocenters. The van der Waals surface area contributed by atoms with Crippen LogP contribution in [0.1, 0.15) is 12.0 Å². The van der Waals surface area contributed by atoms with Gasteiger partial charge in [-0.3, -0.25) is 4.79 Å². The molecule has 2 nitrogen and oxygen atoms in total. The molecule has 1 heterocycles. The highest BCUT2D eigenvalue weighted by molar-refractivity contribution is 5.96. The van der Waals surface area contributed by atoms with Gasteiger partial charge < -0.3 is 4.74 Å². The third-order valence-electron chi connectivity index (χ3n) is 3.16. The number of hydrogen-bond donors (Lipinski definition) is 0. The van der Waals surface area contributed by atoms with Crippen molar-refractivity contribution < 1.29 is 9.53 Å². The van der Waals surface area contributed by atoms with Crippen LogP contribution in [0.15, 0.2) is 54.3 Å². The Bertz CT molecular complexity index is 626. The number of allylic oxidation sites excluding steroid dienone is 1.